The summed E-state index contributed by atoms with van der Waals surface area (Å²) >= 11 is 7.92. The van der Waals surface area contributed by atoms with Gasteiger partial charge in [0.05, 0.1) is 73.9 Å². The van der Waals surface area contributed by atoms with Crippen molar-refractivity contribution in [2.75, 3.05) is 56.6 Å². The van der Waals surface area contributed by atoms with Crippen LogP contribution >= 0.6 is 22.9 Å². The zero-order chi connectivity index (χ0) is 53.6. The molecule has 17 nitrogen and oxygen atoms in total. The Morgan fingerprint density at radius 3 is 2.60 bits per heavy atom. The quantitative estimate of drug-likeness (QED) is 0.0918. The highest BCUT2D eigenvalue weighted by Crippen LogP contribution is 2.47. The zero-order valence-corrected chi connectivity index (χ0v) is 43.5. The number of piperazine rings is 1. The molecule has 392 valence electrons. The molecular weight excluding hydrogens is 1030 g/mol. The molecule has 0 saturated carbocycles. The van der Waals surface area contributed by atoms with Crippen LogP contribution in [0.5, 0.6) is 11.8 Å². The maximum Gasteiger partial charge on any atom is 0.340 e. The Morgan fingerprint density at radius 1 is 1.04 bits per heavy atom. The minimum absolute atomic E-state index is 0.00974. The smallest absolute Gasteiger partial charge is 0.340 e. The number of nitrogens with zero attached hydrogens (tertiary/aromatic N) is 9. The number of aliphatic hydroxyl groups excluding tert-OH is 1. The predicted octanol–water partition coefficient (Wildman–Crippen LogP) is 8.25. The molecule has 12 rings (SSSR count). The monoisotopic (exact) mass is 1080 g/mol. The van der Waals surface area contributed by atoms with Gasteiger partial charge in [-0.05, 0) is 99.6 Å². The molecule has 3 fully saturated rings. The highest BCUT2D eigenvalue weighted by atomic mass is 35.5. The molecule has 0 radical (unpaired) electrons. The average molecular weight is 1080 g/mol. The summed E-state index contributed by atoms with van der Waals surface area (Å²) in [6.07, 6.45) is 4.62. The lowest BCUT2D eigenvalue weighted by molar-refractivity contribution is -0.157. The molecule has 9 heterocycles. The number of thiophene rings is 1. The largest absolute Gasteiger partial charge is 0.489 e. The van der Waals surface area contributed by atoms with Gasteiger partial charge in [-0.1, -0.05) is 30.7 Å². The van der Waals surface area contributed by atoms with Crippen LogP contribution in [0.15, 0.2) is 58.9 Å². The zero-order valence-electron chi connectivity index (χ0n) is 41.9. The lowest BCUT2D eigenvalue weighted by Crippen LogP contribution is -2.56. The van der Waals surface area contributed by atoms with Crippen molar-refractivity contribution in [3.8, 4) is 46.4 Å². The Bertz CT molecular complexity index is 3880. The summed E-state index contributed by atoms with van der Waals surface area (Å²) in [6, 6.07) is 14.8. The Hall–Kier alpha value is -7.75. The molecule has 5 aliphatic rings. The van der Waals surface area contributed by atoms with E-state index in [0.29, 0.717) is 40.5 Å². The number of hydrogen-bond donors (Lipinski definition) is 2. The summed E-state index contributed by atoms with van der Waals surface area (Å²) < 4.78 is 52.3. The van der Waals surface area contributed by atoms with Gasteiger partial charge < -0.3 is 39.4 Å². The number of aryl methyl sites for hydroxylation is 1. The van der Waals surface area contributed by atoms with E-state index < -0.39 is 29.7 Å². The number of rotatable bonds is 11. The normalized spacial score (nSPS) is 18.8. The van der Waals surface area contributed by atoms with Crippen LogP contribution in [0, 0.1) is 34.3 Å². The Balaban J connectivity index is 0.827. The molecule has 7 aromatic rings. The van der Waals surface area contributed by atoms with Crippen molar-refractivity contribution < 1.29 is 37.7 Å². The van der Waals surface area contributed by atoms with Crippen molar-refractivity contribution in [3.05, 3.63) is 109 Å². The number of fused-ring (bicyclic) bond motifs is 8. The summed E-state index contributed by atoms with van der Waals surface area (Å²) in [5, 5.41) is 32.1. The standard InChI is InChI=1S/C56H49ClF2N10O7S/c1-3-28(25-74-30-7-10-41-33(19-30)31(4-2)37-24-69-42(46(37)63-41)21-34-38(53(69)72)26-75-54(73)48(34)70)52(71)68-18-17-66(23-29(68)11-14-60)51-35-20-39(57)44(32-8-9-40(58)49-43(32)36(22-61)50(62)77-49)45(59)47(35)64-55(65-51)76-27-56-12-5-15-67(56)16-6-13-56/h3,7-10,19-21,29,48,70H,4-6,11-13,15-18,23-27,62H2,1-2H3/b28-3+. The van der Waals surface area contributed by atoms with Crippen LogP contribution in [0.1, 0.15) is 79.9 Å². The van der Waals surface area contributed by atoms with E-state index in [2.05, 4.69) is 16.0 Å². The van der Waals surface area contributed by atoms with Crippen molar-refractivity contribution in [3.63, 3.8) is 0 Å². The van der Waals surface area contributed by atoms with Gasteiger partial charge in [-0.3, -0.25) is 14.5 Å². The van der Waals surface area contributed by atoms with Crippen LogP contribution in [0.3, 0.4) is 0 Å². The highest BCUT2D eigenvalue weighted by Gasteiger charge is 2.45. The number of carbonyl (C=O) groups is 2. The molecule has 3 saturated heterocycles. The highest BCUT2D eigenvalue weighted by molar-refractivity contribution is 7.23. The first-order valence-electron chi connectivity index (χ1n) is 25.5. The maximum atomic E-state index is 17.5. The van der Waals surface area contributed by atoms with E-state index in [1.165, 1.54) is 12.1 Å². The number of allylic oxidation sites excluding steroid dienone is 1. The minimum atomic E-state index is -1.56. The van der Waals surface area contributed by atoms with Crippen molar-refractivity contribution >= 4 is 77.5 Å². The fourth-order valence-electron chi connectivity index (χ4n) is 12.3. The molecule has 3 N–H and O–H groups in total. The molecule has 77 heavy (non-hydrogen) atoms. The molecule has 21 heteroatoms. The molecule has 0 bridgehead atoms. The number of nitriles is 2. The number of halogens is 3. The number of carbonyl (C=O) groups excluding carboxylic acids is 2. The number of benzene rings is 3. The third-order valence-electron chi connectivity index (χ3n) is 16.1. The van der Waals surface area contributed by atoms with Crippen LogP contribution in [0.25, 0.3) is 54.4 Å². The van der Waals surface area contributed by atoms with E-state index in [-0.39, 0.29) is 134 Å². The molecule has 4 aromatic heterocycles. The summed E-state index contributed by atoms with van der Waals surface area (Å²) in [5.74, 6) is -1.81. The van der Waals surface area contributed by atoms with Crippen LogP contribution in [0.2, 0.25) is 5.02 Å². The fourth-order valence-corrected chi connectivity index (χ4v) is 13.5. The molecule has 1 amide bonds. The molecule has 2 atom stereocenters. The summed E-state index contributed by atoms with van der Waals surface area (Å²) in [5.41, 5.74) is 9.95. The van der Waals surface area contributed by atoms with Crippen molar-refractivity contribution in [1.29, 1.82) is 10.5 Å². The van der Waals surface area contributed by atoms with Crippen LogP contribution in [-0.2, 0) is 33.9 Å². The SMILES string of the molecule is C/C=C(\COc1ccc2nc3c(c(CC)c2c1)Cn1c-3cc2c(c1=O)COC(=O)C2O)C(=O)N1CCN(c2nc(OCC34CCCN3CCC4)nc3c(F)c(-c4ccc(F)c5sc(N)c(C#N)c45)c(Cl)cc23)CC1CC#N. The lowest BCUT2D eigenvalue weighted by Gasteiger charge is -2.41. The Labute approximate surface area is 448 Å². The lowest BCUT2D eigenvalue weighted by atomic mass is 9.95. The first-order chi connectivity index (χ1) is 37.3. The number of pyridine rings is 2. The van der Waals surface area contributed by atoms with Crippen molar-refractivity contribution in [1.82, 2.24) is 29.3 Å². The van der Waals surface area contributed by atoms with Crippen LogP contribution < -0.4 is 25.7 Å². The summed E-state index contributed by atoms with van der Waals surface area (Å²) in [6.45, 7) is 6.40. The third-order valence-corrected chi connectivity index (χ3v) is 17.4. The summed E-state index contributed by atoms with van der Waals surface area (Å²) in [4.78, 5) is 60.9. The van der Waals surface area contributed by atoms with Gasteiger partial charge >= 0.3 is 12.0 Å². The number of aliphatic hydroxyl groups is 1. The first kappa shape index (κ1) is 50.1. The topological polar surface area (TPSA) is 226 Å². The average Bonchev–Trinajstić information content (AvgIpc) is 4.24. The van der Waals surface area contributed by atoms with E-state index in [1.807, 2.05) is 30.0 Å². The number of amides is 1. The molecule has 3 aromatic carbocycles. The van der Waals surface area contributed by atoms with Gasteiger partial charge in [0.2, 0.25) is 0 Å². The van der Waals surface area contributed by atoms with Crippen molar-refractivity contribution in [2.45, 2.75) is 83.2 Å². The number of anilines is 2. The number of hydrogen-bond acceptors (Lipinski definition) is 16. The minimum Gasteiger partial charge on any atom is -0.489 e. The number of esters is 1. The summed E-state index contributed by atoms with van der Waals surface area (Å²) in [7, 11) is 0. The number of nitrogen functional groups attached to an aromatic ring is 1. The number of aromatic nitrogens is 4. The molecule has 0 spiro atoms. The van der Waals surface area contributed by atoms with E-state index >= 15 is 8.78 Å². The first-order valence-corrected chi connectivity index (χ1v) is 26.7. The van der Waals surface area contributed by atoms with Crippen LogP contribution in [-0.4, -0.2) is 104 Å². The van der Waals surface area contributed by atoms with Crippen LogP contribution in [0.4, 0.5) is 19.6 Å². The number of nitrogens with two attached hydrogens (primary N) is 1. The number of cyclic esters (lactones) is 1. The molecule has 5 aliphatic heterocycles. The third kappa shape index (κ3) is 8.10. The van der Waals surface area contributed by atoms with Gasteiger partial charge in [-0.2, -0.15) is 20.5 Å². The van der Waals surface area contributed by atoms with Gasteiger partial charge in [0.15, 0.2) is 11.9 Å². The van der Waals surface area contributed by atoms with E-state index in [0.717, 1.165) is 66.6 Å². The molecular formula is C56H49ClF2N10O7S. The Kier molecular flexibility index (Phi) is 12.6. The second-order valence-corrected chi connectivity index (χ2v) is 21.6. The van der Waals surface area contributed by atoms with Gasteiger partial charge in [-0.25, -0.2) is 18.6 Å². The van der Waals surface area contributed by atoms with Gasteiger partial charge in [-0.15, -0.1) is 11.3 Å². The number of ether oxygens (including phenoxy) is 3. The van der Waals surface area contributed by atoms with Crippen molar-refractivity contribution in [2.24, 2.45) is 0 Å². The predicted molar refractivity (Wildman–Crippen MR) is 285 cm³/mol. The van der Waals surface area contributed by atoms with E-state index in [9.17, 15) is 30.0 Å². The van der Waals surface area contributed by atoms with Gasteiger partial charge in [0.1, 0.15) is 53.8 Å². The van der Waals surface area contributed by atoms with Gasteiger partial charge in [0.25, 0.3) is 11.5 Å². The fraction of sp³-hybridized carbons (Fsp3) is 0.357. The van der Waals surface area contributed by atoms with E-state index in [1.54, 1.807) is 40.7 Å². The second-order valence-electron chi connectivity index (χ2n) is 20.1. The molecule has 2 unspecified atom stereocenters. The second kappa shape index (κ2) is 19.4. The Morgan fingerprint density at radius 2 is 1.84 bits per heavy atom. The maximum absolute atomic E-state index is 17.5. The van der Waals surface area contributed by atoms with Gasteiger partial charge in [0, 0.05) is 52.5 Å². The molecule has 0 aliphatic carbocycles. The van der Waals surface area contributed by atoms with E-state index in [4.69, 9.17) is 41.5 Å².